The Bertz CT molecular complexity index is 827. The summed E-state index contributed by atoms with van der Waals surface area (Å²) in [5.74, 6) is -0.271. The van der Waals surface area contributed by atoms with Crippen LogP contribution in [0.15, 0.2) is 54.6 Å². The van der Waals surface area contributed by atoms with E-state index in [1.54, 1.807) is 0 Å². The van der Waals surface area contributed by atoms with E-state index in [9.17, 15) is 4.79 Å². The molecule has 0 spiro atoms. The van der Waals surface area contributed by atoms with Gasteiger partial charge in [-0.1, -0.05) is 18.2 Å². The van der Waals surface area contributed by atoms with Crippen molar-refractivity contribution in [2.45, 2.75) is 70.2 Å². The van der Waals surface area contributed by atoms with Crippen LogP contribution in [-0.4, -0.2) is 41.6 Å². The zero-order valence-corrected chi connectivity index (χ0v) is 18.0. The molecular formula is C25H32N2O2. The highest BCUT2D eigenvalue weighted by molar-refractivity contribution is 5.90. The standard InChI is InChI=1S/C25H32N2O2/c1-25(2,3)29-24(28)18-10-12-20(13-11-18)27(19-8-6-5-7-9-19)23-16-21-14-15-22(17-23)26(21)4/h5-13,21-23H,14-17H2,1-4H3/t21-,22+,23?. The number of hydrogen-bond donors (Lipinski definition) is 0. The fraction of sp³-hybridized carbons (Fsp3) is 0.480. The van der Waals surface area contributed by atoms with E-state index < -0.39 is 5.60 Å². The van der Waals surface area contributed by atoms with Crippen molar-refractivity contribution in [2.24, 2.45) is 0 Å². The SMILES string of the molecule is CN1[C@@H]2CC[C@H]1CC(N(c1ccccc1)c1ccc(C(=O)OC(C)(C)C)cc1)C2. The lowest BCUT2D eigenvalue weighted by molar-refractivity contribution is 0.00696. The van der Waals surface area contributed by atoms with Gasteiger partial charge in [0.15, 0.2) is 0 Å². The van der Waals surface area contributed by atoms with E-state index in [4.69, 9.17) is 4.74 Å². The van der Waals surface area contributed by atoms with Gasteiger partial charge in [-0.05, 0) is 89.9 Å². The van der Waals surface area contributed by atoms with Crippen molar-refractivity contribution in [3.05, 3.63) is 60.2 Å². The second-order valence-corrected chi connectivity index (χ2v) is 9.43. The molecule has 4 nitrogen and oxygen atoms in total. The number of carbonyl (C=O) groups is 1. The maximum Gasteiger partial charge on any atom is 0.338 e. The van der Waals surface area contributed by atoms with Crippen molar-refractivity contribution in [1.29, 1.82) is 0 Å². The van der Waals surface area contributed by atoms with Gasteiger partial charge >= 0.3 is 5.97 Å². The first-order chi connectivity index (χ1) is 13.8. The molecule has 0 amide bonds. The van der Waals surface area contributed by atoms with Gasteiger partial charge in [-0.2, -0.15) is 0 Å². The summed E-state index contributed by atoms with van der Waals surface area (Å²) in [6.07, 6.45) is 4.96. The van der Waals surface area contributed by atoms with Gasteiger partial charge in [0.05, 0.1) is 5.56 Å². The molecule has 2 heterocycles. The lowest BCUT2D eigenvalue weighted by Gasteiger charge is -2.43. The molecule has 4 rings (SSSR count). The quantitative estimate of drug-likeness (QED) is 0.652. The van der Waals surface area contributed by atoms with Gasteiger partial charge in [0.2, 0.25) is 0 Å². The number of ether oxygens (including phenoxy) is 1. The van der Waals surface area contributed by atoms with Crippen LogP contribution in [-0.2, 0) is 4.74 Å². The largest absolute Gasteiger partial charge is 0.456 e. The Morgan fingerprint density at radius 2 is 1.48 bits per heavy atom. The van der Waals surface area contributed by atoms with Crippen molar-refractivity contribution in [1.82, 2.24) is 4.90 Å². The van der Waals surface area contributed by atoms with Crippen LogP contribution in [0.4, 0.5) is 11.4 Å². The van der Waals surface area contributed by atoms with Crippen molar-refractivity contribution in [2.75, 3.05) is 11.9 Å². The molecule has 0 saturated carbocycles. The first-order valence-electron chi connectivity index (χ1n) is 10.7. The molecule has 2 saturated heterocycles. The van der Waals surface area contributed by atoms with Crippen LogP contribution >= 0.6 is 0 Å². The number of esters is 1. The van der Waals surface area contributed by atoms with E-state index in [0.717, 1.165) is 5.69 Å². The van der Waals surface area contributed by atoms with Crippen LogP contribution in [0.3, 0.4) is 0 Å². The van der Waals surface area contributed by atoms with Crippen molar-refractivity contribution in [3.63, 3.8) is 0 Å². The average molecular weight is 393 g/mol. The first-order valence-corrected chi connectivity index (χ1v) is 10.7. The summed E-state index contributed by atoms with van der Waals surface area (Å²) in [7, 11) is 2.28. The second kappa shape index (κ2) is 7.83. The molecule has 2 fully saturated rings. The van der Waals surface area contributed by atoms with Crippen molar-refractivity contribution in [3.8, 4) is 0 Å². The molecule has 0 aromatic heterocycles. The Morgan fingerprint density at radius 3 is 2.03 bits per heavy atom. The van der Waals surface area contributed by atoms with Crippen LogP contribution in [0.5, 0.6) is 0 Å². The molecule has 4 heteroatoms. The van der Waals surface area contributed by atoms with Gasteiger partial charge in [-0.25, -0.2) is 4.79 Å². The summed E-state index contributed by atoms with van der Waals surface area (Å²) in [6.45, 7) is 5.68. The topological polar surface area (TPSA) is 32.8 Å². The third kappa shape index (κ3) is 4.32. The van der Waals surface area contributed by atoms with Crippen LogP contribution in [0.2, 0.25) is 0 Å². The minimum atomic E-state index is -0.487. The fourth-order valence-corrected chi connectivity index (χ4v) is 4.85. The molecule has 0 N–H and O–H groups in total. The summed E-state index contributed by atoms with van der Waals surface area (Å²) >= 11 is 0. The molecule has 1 unspecified atom stereocenters. The van der Waals surface area contributed by atoms with Crippen LogP contribution in [0, 0.1) is 0 Å². The number of rotatable bonds is 4. The zero-order chi connectivity index (χ0) is 20.6. The van der Waals surface area contributed by atoms with Crippen LogP contribution in [0.25, 0.3) is 0 Å². The van der Waals surface area contributed by atoms with Crippen molar-refractivity contribution < 1.29 is 9.53 Å². The first kappa shape index (κ1) is 20.0. The normalized spacial score (nSPS) is 24.3. The Balaban J connectivity index is 1.61. The monoisotopic (exact) mass is 392 g/mol. The Labute approximate surface area is 174 Å². The van der Waals surface area contributed by atoms with E-state index in [0.29, 0.717) is 23.7 Å². The van der Waals surface area contributed by atoms with E-state index >= 15 is 0 Å². The third-order valence-electron chi connectivity index (χ3n) is 6.25. The highest BCUT2D eigenvalue weighted by atomic mass is 16.6. The average Bonchev–Trinajstić information content (AvgIpc) is 2.89. The lowest BCUT2D eigenvalue weighted by Crippen LogP contribution is -2.47. The van der Waals surface area contributed by atoms with E-state index in [1.807, 2.05) is 32.9 Å². The second-order valence-electron chi connectivity index (χ2n) is 9.43. The summed E-state index contributed by atoms with van der Waals surface area (Å²) in [5, 5.41) is 0. The Hall–Kier alpha value is -2.33. The number of benzene rings is 2. The number of anilines is 2. The van der Waals surface area contributed by atoms with Gasteiger partial charge < -0.3 is 14.5 Å². The molecule has 0 radical (unpaired) electrons. The lowest BCUT2D eigenvalue weighted by atomic mass is 9.95. The zero-order valence-electron chi connectivity index (χ0n) is 18.0. The molecule has 2 aliphatic heterocycles. The predicted molar refractivity (Wildman–Crippen MR) is 118 cm³/mol. The molecule has 2 aromatic rings. The number of hydrogen-bond acceptors (Lipinski definition) is 4. The number of fused-ring (bicyclic) bond motifs is 2. The minimum absolute atomic E-state index is 0.271. The van der Waals surface area contributed by atoms with Crippen LogP contribution < -0.4 is 4.90 Å². The maximum atomic E-state index is 12.4. The molecule has 154 valence electrons. The highest BCUT2D eigenvalue weighted by Gasteiger charge is 2.40. The number of carbonyl (C=O) groups excluding carboxylic acids is 1. The molecule has 3 atom stereocenters. The Morgan fingerprint density at radius 1 is 0.931 bits per heavy atom. The molecule has 2 aromatic carbocycles. The number of piperidine rings is 1. The number of para-hydroxylation sites is 1. The molecule has 0 aliphatic carbocycles. The van der Waals surface area contributed by atoms with E-state index in [-0.39, 0.29) is 5.97 Å². The van der Waals surface area contributed by atoms with Gasteiger partial charge in [-0.3, -0.25) is 0 Å². The predicted octanol–water partition coefficient (Wildman–Crippen LogP) is 5.41. The summed E-state index contributed by atoms with van der Waals surface area (Å²) in [6, 6.07) is 20.3. The highest BCUT2D eigenvalue weighted by Crippen LogP contribution is 2.40. The summed E-state index contributed by atoms with van der Waals surface area (Å²) < 4.78 is 5.52. The summed E-state index contributed by atoms with van der Waals surface area (Å²) in [5.41, 5.74) is 2.46. The fourth-order valence-electron chi connectivity index (χ4n) is 4.85. The molecule has 2 aliphatic rings. The Kier molecular flexibility index (Phi) is 5.39. The van der Waals surface area contributed by atoms with Gasteiger partial charge in [0, 0.05) is 29.5 Å². The van der Waals surface area contributed by atoms with Gasteiger partial charge in [0.1, 0.15) is 5.60 Å². The van der Waals surface area contributed by atoms with Crippen LogP contribution in [0.1, 0.15) is 56.8 Å². The maximum absolute atomic E-state index is 12.4. The summed E-state index contributed by atoms with van der Waals surface area (Å²) in [4.78, 5) is 17.4. The third-order valence-corrected chi connectivity index (χ3v) is 6.25. The number of nitrogens with zero attached hydrogens (tertiary/aromatic N) is 2. The smallest absolute Gasteiger partial charge is 0.338 e. The van der Waals surface area contributed by atoms with E-state index in [1.165, 1.54) is 31.4 Å². The minimum Gasteiger partial charge on any atom is -0.456 e. The van der Waals surface area contributed by atoms with Crippen molar-refractivity contribution >= 4 is 17.3 Å². The van der Waals surface area contributed by atoms with E-state index in [2.05, 4.69) is 59.3 Å². The van der Waals surface area contributed by atoms with Gasteiger partial charge in [0.25, 0.3) is 0 Å². The molecular weight excluding hydrogens is 360 g/mol. The molecule has 2 bridgehead atoms. The molecule has 29 heavy (non-hydrogen) atoms. The van der Waals surface area contributed by atoms with Gasteiger partial charge in [-0.15, -0.1) is 0 Å².